The van der Waals surface area contributed by atoms with E-state index in [1.54, 1.807) is 6.92 Å². The lowest BCUT2D eigenvalue weighted by Gasteiger charge is -2.20. The van der Waals surface area contributed by atoms with E-state index in [0.717, 1.165) is 36.4 Å². The van der Waals surface area contributed by atoms with E-state index >= 15 is 0 Å². The molecule has 1 N–H and O–H groups in total. The summed E-state index contributed by atoms with van der Waals surface area (Å²) < 4.78 is 39.2. The predicted octanol–water partition coefficient (Wildman–Crippen LogP) is 3.61. The van der Waals surface area contributed by atoms with Crippen molar-refractivity contribution in [3.05, 3.63) is 17.5 Å². The molecule has 1 aliphatic rings. The Morgan fingerprint density at radius 1 is 1.32 bits per heavy atom. The largest absolute Gasteiger partial charge is 0.435 e. The maximum absolute atomic E-state index is 12.7. The number of halogens is 3. The predicted molar refractivity (Wildman–Crippen MR) is 76.3 cm³/mol. The van der Waals surface area contributed by atoms with Gasteiger partial charge < -0.3 is 5.32 Å². The third-order valence-electron chi connectivity index (χ3n) is 4.16. The first-order valence-electron chi connectivity index (χ1n) is 7.73. The maximum Gasteiger partial charge on any atom is 0.435 e. The van der Waals surface area contributed by atoms with E-state index in [1.165, 1.54) is 19.8 Å². The first-order valence-corrected chi connectivity index (χ1v) is 7.73. The average Bonchev–Trinajstić information content (AvgIpc) is 2.66. The second-order valence-corrected chi connectivity index (χ2v) is 5.99. The molecule has 1 heterocycles. The second-order valence-electron chi connectivity index (χ2n) is 5.99. The van der Waals surface area contributed by atoms with Gasteiger partial charge in [0.2, 0.25) is 5.91 Å². The van der Waals surface area contributed by atoms with Crippen LogP contribution in [0.4, 0.5) is 13.2 Å². The van der Waals surface area contributed by atoms with Crippen molar-refractivity contribution in [2.24, 2.45) is 0 Å². The number of nitrogens with one attached hydrogen (secondary N) is 1. The molecule has 22 heavy (non-hydrogen) atoms. The zero-order valence-electron chi connectivity index (χ0n) is 12.9. The van der Waals surface area contributed by atoms with Gasteiger partial charge in [-0.05, 0) is 32.8 Å². The summed E-state index contributed by atoms with van der Waals surface area (Å²) >= 11 is 0. The van der Waals surface area contributed by atoms with Crippen LogP contribution in [0.1, 0.15) is 62.9 Å². The van der Waals surface area contributed by atoms with Crippen LogP contribution in [0.25, 0.3) is 0 Å². The van der Waals surface area contributed by atoms with Crippen molar-refractivity contribution in [3.8, 4) is 0 Å². The fourth-order valence-corrected chi connectivity index (χ4v) is 2.87. The topological polar surface area (TPSA) is 46.9 Å². The third-order valence-corrected chi connectivity index (χ3v) is 4.16. The molecule has 1 aromatic heterocycles. The Labute approximate surface area is 128 Å². The van der Waals surface area contributed by atoms with Gasteiger partial charge in [-0.25, -0.2) is 0 Å². The molecule has 124 valence electrons. The summed E-state index contributed by atoms with van der Waals surface area (Å²) in [5, 5.41) is 6.50. The van der Waals surface area contributed by atoms with Crippen LogP contribution in [0.15, 0.2) is 6.07 Å². The molecule has 1 amide bonds. The second kappa shape index (κ2) is 6.71. The number of carbonyl (C=O) groups is 1. The van der Waals surface area contributed by atoms with E-state index in [2.05, 4.69) is 10.4 Å². The Hall–Kier alpha value is -1.53. The molecule has 0 aromatic carbocycles. The van der Waals surface area contributed by atoms with Crippen LogP contribution in [0, 0.1) is 6.92 Å². The van der Waals surface area contributed by atoms with Crippen LogP contribution in [0.2, 0.25) is 0 Å². The van der Waals surface area contributed by atoms with Gasteiger partial charge in [-0.15, -0.1) is 0 Å². The van der Waals surface area contributed by atoms with Crippen LogP contribution in [-0.2, 0) is 11.0 Å². The Bertz CT molecular complexity index is 517. The van der Waals surface area contributed by atoms with Crippen molar-refractivity contribution in [1.29, 1.82) is 0 Å². The van der Waals surface area contributed by atoms with Gasteiger partial charge in [0.15, 0.2) is 5.69 Å². The van der Waals surface area contributed by atoms with Crippen LogP contribution >= 0.6 is 0 Å². The molecule has 2 rings (SSSR count). The van der Waals surface area contributed by atoms with Crippen molar-refractivity contribution < 1.29 is 18.0 Å². The molecule has 0 aliphatic heterocycles. The van der Waals surface area contributed by atoms with Crippen LogP contribution in [0.5, 0.6) is 0 Å². The molecular formula is C15H22F3N3O. The number of rotatable bonds is 3. The minimum absolute atomic E-state index is 0.121. The Morgan fingerprint density at radius 3 is 2.41 bits per heavy atom. The smallest absolute Gasteiger partial charge is 0.352 e. The van der Waals surface area contributed by atoms with Crippen LogP contribution in [0.3, 0.4) is 0 Å². The van der Waals surface area contributed by atoms with Crippen LogP contribution < -0.4 is 5.32 Å². The molecule has 1 atom stereocenters. The van der Waals surface area contributed by atoms with E-state index in [4.69, 9.17) is 0 Å². The molecular weight excluding hydrogens is 295 g/mol. The summed E-state index contributed by atoms with van der Waals surface area (Å²) in [6.07, 6.45) is 1.89. The van der Waals surface area contributed by atoms with Gasteiger partial charge in [-0.3, -0.25) is 9.48 Å². The molecule has 1 fully saturated rings. The van der Waals surface area contributed by atoms with Gasteiger partial charge in [0.05, 0.1) is 0 Å². The molecule has 7 heteroatoms. The zero-order chi connectivity index (χ0) is 16.3. The van der Waals surface area contributed by atoms with Gasteiger partial charge in [0.25, 0.3) is 0 Å². The van der Waals surface area contributed by atoms with Crippen molar-refractivity contribution in [3.63, 3.8) is 0 Å². The summed E-state index contributed by atoms with van der Waals surface area (Å²) in [6.45, 7) is 3.10. The number of amides is 1. The molecule has 0 bridgehead atoms. The minimum Gasteiger partial charge on any atom is -0.352 e. The molecule has 1 aromatic rings. The fourth-order valence-electron chi connectivity index (χ4n) is 2.87. The van der Waals surface area contributed by atoms with E-state index in [-0.39, 0.29) is 11.9 Å². The van der Waals surface area contributed by atoms with E-state index in [0.29, 0.717) is 5.69 Å². The summed E-state index contributed by atoms with van der Waals surface area (Å²) in [7, 11) is 0. The number of carbonyl (C=O) groups excluding carboxylic acids is 1. The number of nitrogens with zero attached hydrogens (tertiary/aromatic N) is 2. The molecule has 1 unspecified atom stereocenters. The lowest BCUT2D eigenvalue weighted by molar-refractivity contribution is -0.142. The maximum atomic E-state index is 12.7. The lowest BCUT2D eigenvalue weighted by Crippen LogP contribution is -2.39. The highest BCUT2D eigenvalue weighted by Gasteiger charge is 2.35. The number of hydrogen-bond acceptors (Lipinski definition) is 2. The number of aromatic nitrogens is 2. The fraction of sp³-hybridized carbons (Fsp3) is 0.733. The van der Waals surface area contributed by atoms with Gasteiger partial charge >= 0.3 is 6.18 Å². The van der Waals surface area contributed by atoms with E-state index in [1.807, 2.05) is 0 Å². The summed E-state index contributed by atoms with van der Waals surface area (Å²) in [4.78, 5) is 12.3. The quantitative estimate of drug-likeness (QED) is 0.866. The molecule has 4 nitrogen and oxygen atoms in total. The summed E-state index contributed by atoms with van der Waals surface area (Å²) in [6, 6.07) is 0.338. The monoisotopic (exact) mass is 317 g/mol. The van der Waals surface area contributed by atoms with Crippen molar-refractivity contribution in [1.82, 2.24) is 15.1 Å². The standard InChI is InChI=1S/C15H22F3N3O/c1-10-9-13(15(16,17)18)20-21(10)11(2)14(22)19-12-7-5-3-4-6-8-12/h9,11-12H,3-8H2,1-2H3,(H,19,22). The van der Waals surface area contributed by atoms with Crippen LogP contribution in [-0.4, -0.2) is 21.7 Å². The zero-order valence-corrected chi connectivity index (χ0v) is 12.9. The van der Waals surface area contributed by atoms with Crippen molar-refractivity contribution in [2.45, 2.75) is 70.6 Å². The summed E-state index contributed by atoms with van der Waals surface area (Å²) in [5.74, 6) is -0.271. The van der Waals surface area contributed by atoms with Gasteiger partial charge in [0, 0.05) is 11.7 Å². The molecule has 0 spiro atoms. The van der Waals surface area contributed by atoms with Crippen molar-refractivity contribution in [2.75, 3.05) is 0 Å². The van der Waals surface area contributed by atoms with Gasteiger partial charge in [-0.2, -0.15) is 18.3 Å². The van der Waals surface area contributed by atoms with E-state index in [9.17, 15) is 18.0 Å². The van der Waals surface area contributed by atoms with Gasteiger partial charge in [-0.1, -0.05) is 25.7 Å². The molecule has 1 saturated carbocycles. The highest BCUT2D eigenvalue weighted by atomic mass is 19.4. The highest BCUT2D eigenvalue weighted by Crippen LogP contribution is 2.29. The summed E-state index contributed by atoms with van der Waals surface area (Å²) in [5.41, 5.74) is -0.630. The Kier molecular flexibility index (Phi) is 5.13. The lowest BCUT2D eigenvalue weighted by atomic mass is 10.1. The van der Waals surface area contributed by atoms with Gasteiger partial charge in [0.1, 0.15) is 6.04 Å². The SMILES string of the molecule is Cc1cc(C(F)(F)F)nn1C(C)C(=O)NC1CCCCCC1. The van der Waals surface area contributed by atoms with E-state index < -0.39 is 17.9 Å². The first kappa shape index (κ1) is 16.8. The normalized spacial score (nSPS) is 18.8. The Balaban J connectivity index is 2.05. The third kappa shape index (κ3) is 4.01. The molecule has 1 aliphatic carbocycles. The average molecular weight is 317 g/mol. The number of aryl methyl sites for hydroxylation is 1. The number of hydrogen-bond donors (Lipinski definition) is 1. The van der Waals surface area contributed by atoms with Crippen molar-refractivity contribution >= 4 is 5.91 Å². The highest BCUT2D eigenvalue weighted by molar-refractivity contribution is 5.80. The number of alkyl halides is 3. The molecule has 0 radical (unpaired) electrons. The minimum atomic E-state index is -4.49. The Morgan fingerprint density at radius 2 is 1.91 bits per heavy atom. The first-order chi connectivity index (χ1) is 10.3. The molecule has 0 saturated heterocycles.